The third kappa shape index (κ3) is 5.40. The van der Waals surface area contributed by atoms with Crippen molar-refractivity contribution < 1.29 is 10.2 Å². The van der Waals surface area contributed by atoms with Gasteiger partial charge >= 0.3 is 0 Å². The Bertz CT molecular complexity index is 349. The van der Waals surface area contributed by atoms with Crippen molar-refractivity contribution in [2.75, 3.05) is 18.9 Å². The molecule has 17 heavy (non-hydrogen) atoms. The smallest absolute Gasteiger partial charge is 0.0864 e. The summed E-state index contributed by atoms with van der Waals surface area (Å²) in [7, 11) is 0. The van der Waals surface area contributed by atoms with Gasteiger partial charge in [-0.05, 0) is 24.2 Å². The molecule has 0 heterocycles. The molecule has 0 bridgehead atoms. The van der Waals surface area contributed by atoms with Gasteiger partial charge in [0.15, 0.2) is 0 Å². The van der Waals surface area contributed by atoms with Crippen LogP contribution in [0.5, 0.6) is 0 Å². The number of aliphatic hydroxyl groups is 2. The molecule has 0 aliphatic carbocycles. The molecule has 5 heteroatoms. The zero-order valence-electron chi connectivity index (χ0n) is 9.82. The van der Waals surface area contributed by atoms with Crippen LogP contribution in [-0.2, 0) is 6.54 Å². The van der Waals surface area contributed by atoms with Crippen LogP contribution in [0, 0.1) is 0 Å². The highest BCUT2D eigenvalue weighted by Crippen LogP contribution is 2.27. The molecule has 1 aromatic rings. The second-order valence-electron chi connectivity index (χ2n) is 3.68. The molecule has 0 saturated carbocycles. The van der Waals surface area contributed by atoms with Gasteiger partial charge in [-0.3, -0.25) is 0 Å². The minimum atomic E-state index is -0.661. The van der Waals surface area contributed by atoms with E-state index in [1.165, 1.54) is 5.56 Å². The summed E-state index contributed by atoms with van der Waals surface area (Å²) in [6.07, 6.45) is -0.661. The van der Waals surface area contributed by atoms with E-state index in [-0.39, 0.29) is 6.61 Å². The molecule has 1 aromatic carbocycles. The summed E-state index contributed by atoms with van der Waals surface area (Å²) in [4.78, 5) is 1.13. The highest BCUT2D eigenvalue weighted by atomic mass is 79.9. The van der Waals surface area contributed by atoms with E-state index in [0.717, 1.165) is 22.5 Å². The van der Waals surface area contributed by atoms with E-state index < -0.39 is 6.10 Å². The van der Waals surface area contributed by atoms with Crippen molar-refractivity contribution >= 4 is 27.7 Å². The zero-order valence-corrected chi connectivity index (χ0v) is 12.2. The zero-order chi connectivity index (χ0) is 12.7. The average Bonchev–Trinajstić information content (AvgIpc) is 2.34. The fourth-order valence-corrected chi connectivity index (χ4v) is 2.83. The van der Waals surface area contributed by atoms with Crippen LogP contribution in [0.2, 0.25) is 0 Å². The van der Waals surface area contributed by atoms with E-state index in [0.29, 0.717) is 5.75 Å². The van der Waals surface area contributed by atoms with Gasteiger partial charge in [-0.25, -0.2) is 0 Å². The molecular weight excluding hydrogens is 302 g/mol. The van der Waals surface area contributed by atoms with Crippen LogP contribution in [0.3, 0.4) is 0 Å². The summed E-state index contributed by atoms with van der Waals surface area (Å²) in [5.41, 5.74) is 1.21. The van der Waals surface area contributed by atoms with Crippen LogP contribution < -0.4 is 5.32 Å². The molecule has 0 radical (unpaired) electrons. The van der Waals surface area contributed by atoms with E-state index in [4.69, 9.17) is 5.11 Å². The topological polar surface area (TPSA) is 52.5 Å². The highest BCUT2D eigenvalue weighted by molar-refractivity contribution is 9.10. The second kappa shape index (κ2) is 8.11. The van der Waals surface area contributed by atoms with Gasteiger partial charge in [0.25, 0.3) is 0 Å². The summed E-state index contributed by atoms with van der Waals surface area (Å²) in [6.45, 7) is 3.63. The molecule has 3 nitrogen and oxygen atoms in total. The Hall–Kier alpha value is -0.0700. The quantitative estimate of drug-likeness (QED) is 0.673. The molecule has 1 atom stereocenters. The maximum atomic E-state index is 9.36. The van der Waals surface area contributed by atoms with Crippen LogP contribution in [0.1, 0.15) is 12.5 Å². The van der Waals surface area contributed by atoms with Crippen molar-refractivity contribution in [3.8, 4) is 0 Å². The van der Waals surface area contributed by atoms with Crippen molar-refractivity contribution in [1.82, 2.24) is 5.32 Å². The van der Waals surface area contributed by atoms with Crippen LogP contribution in [0.25, 0.3) is 0 Å². The van der Waals surface area contributed by atoms with Gasteiger partial charge in [-0.2, -0.15) is 0 Å². The first-order chi connectivity index (χ1) is 8.17. The molecule has 0 aromatic heterocycles. The van der Waals surface area contributed by atoms with Crippen LogP contribution in [0.4, 0.5) is 0 Å². The van der Waals surface area contributed by atoms with E-state index in [9.17, 15) is 5.11 Å². The molecule has 0 amide bonds. The van der Waals surface area contributed by atoms with Gasteiger partial charge in [-0.1, -0.05) is 28.9 Å². The molecule has 96 valence electrons. The Morgan fingerprint density at radius 2 is 2.24 bits per heavy atom. The number of nitrogens with one attached hydrogen (secondary N) is 1. The largest absolute Gasteiger partial charge is 0.394 e. The van der Waals surface area contributed by atoms with Crippen molar-refractivity contribution in [3.05, 3.63) is 28.2 Å². The van der Waals surface area contributed by atoms with Crippen LogP contribution >= 0.6 is 27.7 Å². The standard InChI is InChI=1S/C12H18BrNO2S/c1-2-14-6-9-3-4-10(13)5-12(9)17-8-11(16)7-15/h3-5,11,14-16H,2,6-8H2,1H3. The first-order valence-electron chi connectivity index (χ1n) is 5.58. The molecule has 1 rings (SSSR count). The SMILES string of the molecule is CCNCc1ccc(Br)cc1SCC(O)CO. The summed E-state index contributed by atoms with van der Waals surface area (Å²) in [6, 6.07) is 6.13. The van der Waals surface area contributed by atoms with Gasteiger partial charge in [0.2, 0.25) is 0 Å². The molecule has 1 unspecified atom stereocenters. The second-order valence-corrected chi connectivity index (χ2v) is 5.66. The third-order valence-corrected chi connectivity index (χ3v) is 3.97. The summed E-state index contributed by atoms with van der Waals surface area (Å²) in [5, 5.41) is 21.4. The molecular formula is C12H18BrNO2S. The fourth-order valence-electron chi connectivity index (χ4n) is 1.31. The first-order valence-corrected chi connectivity index (χ1v) is 7.36. The number of rotatable bonds is 7. The maximum absolute atomic E-state index is 9.36. The van der Waals surface area contributed by atoms with Gasteiger partial charge in [0.1, 0.15) is 0 Å². The van der Waals surface area contributed by atoms with Crippen LogP contribution in [-0.4, -0.2) is 35.2 Å². The lowest BCUT2D eigenvalue weighted by Gasteiger charge is -2.12. The number of benzene rings is 1. The van der Waals surface area contributed by atoms with Crippen LogP contribution in [0.15, 0.2) is 27.6 Å². The predicted molar refractivity (Wildman–Crippen MR) is 75.3 cm³/mol. The molecule has 0 fully saturated rings. The van der Waals surface area contributed by atoms with E-state index in [1.54, 1.807) is 11.8 Å². The lowest BCUT2D eigenvalue weighted by molar-refractivity contribution is 0.113. The van der Waals surface area contributed by atoms with E-state index in [1.807, 2.05) is 12.1 Å². The summed E-state index contributed by atoms with van der Waals surface area (Å²) in [5.74, 6) is 0.506. The van der Waals surface area contributed by atoms with E-state index in [2.05, 4.69) is 34.2 Å². The maximum Gasteiger partial charge on any atom is 0.0864 e. The number of hydrogen-bond acceptors (Lipinski definition) is 4. The number of hydrogen-bond donors (Lipinski definition) is 3. The fraction of sp³-hybridized carbons (Fsp3) is 0.500. The Labute approximate surface area is 115 Å². The third-order valence-electron chi connectivity index (χ3n) is 2.24. The number of halogens is 1. The number of thioether (sulfide) groups is 1. The lowest BCUT2D eigenvalue weighted by Crippen LogP contribution is -2.15. The van der Waals surface area contributed by atoms with Gasteiger partial charge < -0.3 is 15.5 Å². The molecule has 0 aliphatic heterocycles. The van der Waals surface area contributed by atoms with Gasteiger partial charge in [0, 0.05) is 21.7 Å². The minimum Gasteiger partial charge on any atom is -0.394 e. The first kappa shape index (κ1) is 15.0. The van der Waals surface area contributed by atoms with Crippen molar-refractivity contribution in [3.63, 3.8) is 0 Å². The normalized spacial score (nSPS) is 12.7. The molecule has 0 aliphatic rings. The number of aliphatic hydroxyl groups excluding tert-OH is 2. The monoisotopic (exact) mass is 319 g/mol. The Balaban J connectivity index is 2.69. The highest BCUT2D eigenvalue weighted by Gasteiger charge is 2.07. The summed E-state index contributed by atoms with van der Waals surface area (Å²) < 4.78 is 1.03. The lowest BCUT2D eigenvalue weighted by atomic mass is 10.2. The summed E-state index contributed by atoms with van der Waals surface area (Å²) >= 11 is 5.01. The Kier molecular flexibility index (Phi) is 7.15. The van der Waals surface area contributed by atoms with Crippen molar-refractivity contribution in [1.29, 1.82) is 0 Å². The van der Waals surface area contributed by atoms with E-state index >= 15 is 0 Å². The Morgan fingerprint density at radius 1 is 1.47 bits per heavy atom. The van der Waals surface area contributed by atoms with Crippen molar-refractivity contribution in [2.45, 2.75) is 24.5 Å². The van der Waals surface area contributed by atoms with Gasteiger partial charge in [0.05, 0.1) is 12.7 Å². The molecule has 3 N–H and O–H groups in total. The predicted octanol–water partition coefficient (Wildman–Crippen LogP) is 2.00. The Morgan fingerprint density at radius 3 is 2.88 bits per heavy atom. The molecule has 0 spiro atoms. The van der Waals surface area contributed by atoms with Crippen molar-refractivity contribution in [2.24, 2.45) is 0 Å². The average molecular weight is 320 g/mol. The van der Waals surface area contributed by atoms with Gasteiger partial charge in [-0.15, -0.1) is 11.8 Å². The molecule has 0 saturated heterocycles. The minimum absolute atomic E-state index is 0.191.